The number of aromatic nitrogens is 3. The summed E-state index contributed by atoms with van der Waals surface area (Å²) in [6.07, 6.45) is 5.69. The Kier molecular flexibility index (Phi) is 8.26. The first-order chi connectivity index (χ1) is 21.2. The highest BCUT2D eigenvalue weighted by molar-refractivity contribution is 5.95. The third-order valence-corrected chi connectivity index (χ3v) is 9.31. The van der Waals surface area contributed by atoms with Gasteiger partial charge in [-0.15, -0.1) is 0 Å². The number of amides is 2. The second-order valence-electron chi connectivity index (χ2n) is 12.3. The number of aryl methyl sites for hydroxylation is 2. The van der Waals surface area contributed by atoms with E-state index in [4.69, 9.17) is 9.51 Å². The maximum atomic E-state index is 14.4. The summed E-state index contributed by atoms with van der Waals surface area (Å²) in [5.41, 5.74) is 4.70. The van der Waals surface area contributed by atoms with Crippen LogP contribution >= 0.6 is 0 Å². The summed E-state index contributed by atoms with van der Waals surface area (Å²) in [5, 5.41) is 4.12. The van der Waals surface area contributed by atoms with Gasteiger partial charge in [0.05, 0.1) is 22.8 Å². The summed E-state index contributed by atoms with van der Waals surface area (Å²) < 4.78 is 36.0. The highest BCUT2D eigenvalue weighted by atomic mass is 19.2. The van der Waals surface area contributed by atoms with Crippen LogP contribution in [0.2, 0.25) is 0 Å². The Morgan fingerprint density at radius 1 is 1.05 bits per heavy atom. The fourth-order valence-corrected chi connectivity index (χ4v) is 7.20. The number of carbonyl (C=O) groups is 2. The molecular formula is C34H39F2N5O3. The lowest BCUT2D eigenvalue weighted by molar-refractivity contribution is -0.135. The minimum Gasteiger partial charge on any atom is -0.361 e. The Balaban J connectivity index is 1.43. The zero-order valence-corrected chi connectivity index (χ0v) is 25.8. The molecule has 2 aromatic heterocycles. The molecule has 1 unspecified atom stereocenters. The monoisotopic (exact) mass is 603 g/mol. The highest BCUT2D eigenvalue weighted by Gasteiger charge is 2.37. The summed E-state index contributed by atoms with van der Waals surface area (Å²) >= 11 is 0. The minimum absolute atomic E-state index is 0.0119. The summed E-state index contributed by atoms with van der Waals surface area (Å²) in [6, 6.07) is 9.38. The predicted octanol–water partition coefficient (Wildman–Crippen LogP) is 7.44. The van der Waals surface area contributed by atoms with E-state index in [1.807, 2.05) is 37.9 Å². The number of hydrogen-bond donors (Lipinski definition) is 0. The van der Waals surface area contributed by atoms with Crippen LogP contribution in [-0.2, 0) is 9.59 Å². The molecule has 1 saturated carbocycles. The van der Waals surface area contributed by atoms with Crippen molar-refractivity contribution in [2.45, 2.75) is 84.2 Å². The average molecular weight is 604 g/mol. The molecule has 1 saturated heterocycles. The van der Waals surface area contributed by atoms with Gasteiger partial charge in [0.2, 0.25) is 11.8 Å². The van der Waals surface area contributed by atoms with Gasteiger partial charge >= 0.3 is 0 Å². The van der Waals surface area contributed by atoms with Crippen molar-refractivity contribution in [1.82, 2.24) is 19.6 Å². The molecule has 0 N–H and O–H groups in total. The molecule has 8 nitrogen and oxygen atoms in total. The van der Waals surface area contributed by atoms with Crippen molar-refractivity contribution in [3.8, 4) is 11.1 Å². The van der Waals surface area contributed by atoms with Gasteiger partial charge in [-0.3, -0.25) is 9.59 Å². The molecule has 1 atom stereocenters. The molecule has 0 bridgehead atoms. The minimum atomic E-state index is -0.992. The van der Waals surface area contributed by atoms with Crippen molar-refractivity contribution in [3.63, 3.8) is 0 Å². The lowest BCUT2D eigenvalue weighted by Crippen LogP contribution is -2.40. The fourth-order valence-electron chi connectivity index (χ4n) is 7.20. The lowest BCUT2D eigenvalue weighted by atomic mass is 9.84. The molecule has 0 spiro atoms. The molecule has 2 aromatic carbocycles. The number of fused-ring (bicyclic) bond motifs is 1. The van der Waals surface area contributed by atoms with Crippen LogP contribution in [0.15, 0.2) is 40.9 Å². The van der Waals surface area contributed by atoms with Crippen LogP contribution in [0.4, 0.5) is 14.5 Å². The van der Waals surface area contributed by atoms with E-state index in [1.54, 1.807) is 4.90 Å². The average Bonchev–Trinajstić information content (AvgIpc) is 3.56. The molecule has 2 fully saturated rings. The van der Waals surface area contributed by atoms with Crippen LogP contribution in [0, 0.1) is 31.4 Å². The summed E-state index contributed by atoms with van der Waals surface area (Å²) in [4.78, 5) is 35.1. The predicted molar refractivity (Wildman–Crippen MR) is 164 cm³/mol. The van der Waals surface area contributed by atoms with Gasteiger partial charge in [-0.25, -0.2) is 13.8 Å². The smallest absolute Gasteiger partial charge is 0.227 e. The Morgan fingerprint density at radius 3 is 2.50 bits per heavy atom. The van der Waals surface area contributed by atoms with Gasteiger partial charge in [0, 0.05) is 49.3 Å². The second kappa shape index (κ2) is 12.1. The maximum Gasteiger partial charge on any atom is 0.227 e. The van der Waals surface area contributed by atoms with Gasteiger partial charge in [0.25, 0.3) is 0 Å². The number of benzene rings is 2. The van der Waals surface area contributed by atoms with Gasteiger partial charge in [-0.2, -0.15) is 0 Å². The molecule has 4 aromatic rings. The highest BCUT2D eigenvalue weighted by Crippen LogP contribution is 2.42. The Labute approximate surface area is 256 Å². The van der Waals surface area contributed by atoms with Crippen LogP contribution in [0.3, 0.4) is 0 Å². The van der Waals surface area contributed by atoms with E-state index in [2.05, 4.69) is 22.7 Å². The van der Waals surface area contributed by atoms with Crippen LogP contribution < -0.4 is 4.90 Å². The van der Waals surface area contributed by atoms with Gasteiger partial charge in [-0.05, 0) is 88.6 Å². The van der Waals surface area contributed by atoms with Gasteiger partial charge in [0.1, 0.15) is 11.6 Å². The normalized spacial score (nSPS) is 20.8. The number of nitrogens with zero attached hydrogens (tertiary/aromatic N) is 5. The van der Waals surface area contributed by atoms with E-state index in [9.17, 15) is 18.4 Å². The molecule has 44 heavy (non-hydrogen) atoms. The number of imidazole rings is 1. The van der Waals surface area contributed by atoms with Crippen molar-refractivity contribution < 1.29 is 22.9 Å². The van der Waals surface area contributed by atoms with Gasteiger partial charge < -0.3 is 18.9 Å². The van der Waals surface area contributed by atoms with Crippen molar-refractivity contribution >= 4 is 28.5 Å². The molecule has 10 heteroatoms. The number of halogens is 2. The van der Waals surface area contributed by atoms with Crippen LogP contribution in [0.5, 0.6) is 0 Å². The van der Waals surface area contributed by atoms with Crippen molar-refractivity contribution in [2.24, 2.45) is 5.92 Å². The number of rotatable bonds is 7. The first-order valence-electron chi connectivity index (χ1n) is 15.6. The summed E-state index contributed by atoms with van der Waals surface area (Å²) in [7, 11) is 1.88. The van der Waals surface area contributed by atoms with Crippen LogP contribution in [0.1, 0.15) is 87.7 Å². The van der Waals surface area contributed by atoms with E-state index in [-0.39, 0.29) is 23.8 Å². The SMILES string of the molecule is CCCN(C)C(=O)C1CCC(n2c(C3CCCC(=O)N3c3ccc(F)c(F)c3)nc3cc(-c4c(C)noc4C)ccc32)CC1. The van der Waals surface area contributed by atoms with E-state index >= 15 is 0 Å². The number of hydrogen-bond acceptors (Lipinski definition) is 5. The maximum absolute atomic E-state index is 14.4. The molecule has 6 rings (SSSR count). The van der Waals surface area contributed by atoms with Crippen LogP contribution in [0.25, 0.3) is 22.2 Å². The lowest BCUT2D eigenvalue weighted by Gasteiger charge is -2.38. The zero-order chi connectivity index (χ0) is 31.1. The van der Waals surface area contributed by atoms with E-state index in [1.165, 1.54) is 6.07 Å². The Morgan fingerprint density at radius 2 is 1.82 bits per heavy atom. The molecule has 2 aliphatic rings. The molecule has 2 amide bonds. The Hall–Kier alpha value is -4.08. The summed E-state index contributed by atoms with van der Waals surface area (Å²) in [6.45, 7) is 6.61. The first kappa shape index (κ1) is 30.0. The number of anilines is 1. The van der Waals surface area contributed by atoms with Crippen molar-refractivity contribution in [2.75, 3.05) is 18.5 Å². The van der Waals surface area contributed by atoms with E-state index in [0.717, 1.165) is 90.2 Å². The molecule has 1 aliphatic carbocycles. The zero-order valence-electron chi connectivity index (χ0n) is 25.8. The largest absolute Gasteiger partial charge is 0.361 e. The quantitative estimate of drug-likeness (QED) is 0.219. The first-order valence-corrected chi connectivity index (χ1v) is 15.6. The van der Waals surface area contributed by atoms with E-state index < -0.39 is 17.7 Å². The van der Waals surface area contributed by atoms with E-state index in [0.29, 0.717) is 24.9 Å². The van der Waals surface area contributed by atoms with Crippen molar-refractivity contribution in [1.29, 1.82) is 0 Å². The number of piperidine rings is 1. The molecule has 0 radical (unpaired) electrons. The standard InChI is InChI=1S/C34H39F2N5O3/c1-5-17-39(4)34(43)22-9-12-24(13-10-22)41-29-16-11-23(32-20(2)38-44-21(32)3)18-28(29)37-33(41)30-7-6-8-31(42)40(30)25-14-15-26(35)27(36)19-25/h11,14-16,18-19,22,24,30H,5-10,12-13,17H2,1-4H3. The number of carbonyl (C=O) groups excluding carboxylic acids is 2. The third kappa shape index (κ3) is 5.39. The van der Waals surface area contributed by atoms with Gasteiger partial charge in [0.15, 0.2) is 11.6 Å². The van der Waals surface area contributed by atoms with Crippen LogP contribution in [-0.4, -0.2) is 45.0 Å². The fraction of sp³-hybridized carbons (Fsp3) is 0.471. The summed E-state index contributed by atoms with van der Waals surface area (Å²) in [5.74, 6) is -0.449. The molecule has 1 aliphatic heterocycles. The van der Waals surface area contributed by atoms with Gasteiger partial charge in [-0.1, -0.05) is 18.1 Å². The second-order valence-corrected chi connectivity index (χ2v) is 12.3. The molecular weight excluding hydrogens is 564 g/mol. The third-order valence-electron chi connectivity index (χ3n) is 9.31. The van der Waals surface area contributed by atoms with Crippen molar-refractivity contribution in [3.05, 3.63) is 65.3 Å². The topological polar surface area (TPSA) is 84.5 Å². The Bertz CT molecular complexity index is 1680. The molecule has 232 valence electrons. The molecule has 3 heterocycles.